The summed E-state index contributed by atoms with van der Waals surface area (Å²) in [5.74, 6) is 0. The van der Waals surface area contributed by atoms with Gasteiger partial charge in [-0.3, -0.25) is 0 Å². The fourth-order valence-electron chi connectivity index (χ4n) is 2.68. The Balaban J connectivity index is 1.76. The van der Waals surface area contributed by atoms with Crippen molar-refractivity contribution in [3.63, 3.8) is 0 Å². The Labute approximate surface area is 173 Å². The van der Waals surface area contributed by atoms with Gasteiger partial charge in [0, 0.05) is 20.8 Å². The highest BCUT2D eigenvalue weighted by atomic mass is 35.5. The van der Waals surface area contributed by atoms with Gasteiger partial charge < -0.3 is 4.42 Å². The Bertz CT molecular complexity index is 1330. The number of benzene rings is 2. The fourth-order valence-corrected chi connectivity index (χ4v) is 3.93. The summed E-state index contributed by atoms with van der Waals surface area (Å²) in [5, 5.41) is 13.5. The standard InChI is InChI=1S/C21H10Cl2N2O2S/c22-15-6-5-12(17(23)9-15)7-14(10-24)20-25-18(11-28-20)16-8-13-3-1-2-4-19(13)27-21(16)26/h1-9,11H/b14-7-. The Morgan fingerprint density at radius 2 is 2.00 bits per heavy atom. The number of halogens is 2. The van der Waals surface area contributed by atoms with Crippen LogP contribution < -0.4 is 5.63 Å². The lowest BCUT2D eigenvalue weighted by atomic mass is 10.1. The summed E-state index contributed by atoms with van der Waals surface area (Å²) in [4.78, 5) is 16.8. The van der Waals surface area contributed by atoms with Gasteiger partial charge in [0.25, 0.3) is 0 Å². The van der Waals surface area contributed by atoms with E-state index in [2.05, 4.69) is 11.1 Å². The highest BCUT2D eigenvalue weighted by Crippen LogP contribution is 2.29. The smallest absolute Gasteiger partial charge is 0.345 e. The maximum atomic E-state index is 12.3. The second-order valence-corrected chi connectivity index (χ2v) is 7.56. The highest BCUT2D eigenvalue weighted by Gasteiger charge is 2.14. The molecule has 4 rings (SSSR count). The summed E-state index contributed by atoms with van der Waals surface area (Å²) in [6.07, 6.45) is 1.64. The van der Waals surface area contributed by atoms with Gasteiger partial charge >= 0.3 is 5.63 Å². The Kier molecular flexibility index (Phi) is 5.01. The quantitative estimate of drug-likeness (QED) is 0.286. The zero-order valence-corrected chi connectivity index (χ0v) is 16.5. The Morgan fingerprint density at radius 1 is 1.18 bits per heavy atom. The van der Waals surface area contributed by atoms with Crippen LogP contribution in [0.5, 0.6) is 0 Å². The van der Waals surface area contributed by atoms with Gasteiger partial charge in [0.15, 0.2) is 0 Å². The van der Waals surface area contributed by atoms with Crippen molar-refractivity contribution in [2.75, 3.05) is 0 Å². The lowest BCUT2D eigenvalue weighted by molar-refractivity contribution is 0.563. The second kappa shape index (κ2) is 7.61. The summed E-state index contributed by atoms with van der Waals surface area (Å²) >= 11 is 13.4. The summed E-state index contributed by atoms with van der Waals surface area (Å²) in [6, 6.07) is 16.2. The number of hydrogen-bond acceptors (Lipinski definition) is 5. The maximum absolute atomic E-state index is 12.3. The number of rotatable bonds is 3. The normalized spacial score (nSPS) is 11.5. The molecule has 0 aliphatic carbocycles. The monoisotopic (exact) mass is 424 g/mol. The third-order valence-electron chi connectivity index (χ3n) is 4.03. The second-order valence-electron chi connectivity index (χ2n) is 5.86. The van der Waals surface area contributed by atoms with Gasteiger partial charge in [0.2, 0.25) is 0 Å². The van der Waals surface area contributed by atoms with Crippen molar-refractivity contribution in [1.29, 1.82) is 5.26 Å². The summed E-state index contributed by atoms with van der Waals surface area (Å²) in [7, 11) is 0. The molecule has 4 aromatic rings. The third kappa shape index (κ3) is 3.58. The molecule has 28 heavy (non-hydrogen) atoms. The van der Waals surface area contributed by atoms with Crippen LogP contribution in [-0.4, -0.2) is 4.98 Å². The minimum Gasteiger partial charge on any atom is -0.422 e. The first-order valence-corrected chi connectivity index (χ1v) is 9.75. The molecule has 7 heteroatoms. The molecular weight excluding hydrogens is 415 g/mol. The van der Waals surface area contributed by atoms with Gasteiger partial charge in [-0.1, -0.05) is 47.5 Å². The number of aromatic nitrogens is 1. The van der Waals surface area contributed by atoms with Gasteiger partial charge in [-0.25, -0.2) is 9.78 Å². The summed E-state index contributed by atoms with van der Waals surface area (Å²) < 4.78 is 5.37. The van der Waals surface area contributed by atoms with E-state index in [0.29, 0.717) is 43.0 Å². The number of para-hydroxylation sites is 1. The van der Waals surface area contributed by atoms with E-state index in [1.54, 1.807) is 47.9 Å². The van der Waals surface area contributed by atoms with Crippen LogP contribution >= 0.6 is 34.5 Å². The minimum absolute atomic E-state index is 0.339. The van der Waals surface area contributed by atoms with Gasteiger partial charge in [-0.05, 0) is 35.9 Å². The van der Waals surface area contributed by atoms with Crippen LogP contribution in [-0.2, 0) is 0 Å². The Hall–Kier alpha value is -2.91. The molecule has 4 nitrogen and oxygen atoms in total. The lowest BCUT2D eigenvalue weighted by Crippen LogP contribution is -2.02. The zero-order chi connectivity index (χ0) is 19.7. The molecule has 0 unspecified atom stereocenters. The molecule has 0 fully saturated rings. The number of fused-ring (bicyclic) bond motifs is 1. The van der Waals surface area contributed by atoms with Crippen LogP contribution in [0.3, 0.4) is 0 Å². The summed E-state index contributed by atoms with van der Waals surface area (Å²) in [6.45, 7) is 0. The average molecular weight is 425 g/mol. The molecule has 0 radical (unpaired) electrons. The number of allylic oxidation sites excluding steroid dienone is 1. The van der Waals surface area contributed by atoms with Crippen LogP contribution in [0.15, 0.2) is 63.1 Å². The zero-order valence-electron chi connectivity index (χ0n) is 14.1. The molecule has 2 aromatic heterocycles. The number of nitrogens with zero attached hydrogens (tertiary/aromatic N) is 2. The molecule has 0 aliphatic rings. The molecular formula is C21H10Cl2N2O2S. The van der Waals surface area contributed by atoms with Crippen molar-refractivity contribution in [3.05, 3.63) is 84.9 Å². The van der Waals surface area contributed by atoms with Gasteiger partial charge in [-0.15, -0.1) is 11.3 Å². The van der Waals surface area contributed by atoms with Crippen molar-refractivity contribution < 1.29 is 4.42 Å². The van der Waals surface area contributed by atoms with Crippen molar-refractivity contribution in [2.24, 2.45) is 0 Å². The molecule has 0 saturated carbocycles. The highest BCUT2D eigenvalue weighted by molar-refractivity contribution is 7.11. The van der Waals surface area contributed by atoms with E-state index < -0.39 is 5.63 Å². The van der Waals surface area contributed by atoms with Crippen molar-refractivity contribution in [1.82, 2.24) is 4.98 Å². The van der Waals surface area contributed by atoms with Crippen LogP contribution in [0.1, 0.15) is 10.6 Å². The molecule has 2 aromatic carbocycles. The molecule has 0 N–H and O–H groups in total. The topological polar surface area (TPSA) is 66.9 Å². The molecule has 2 heterocycles. The van der Waals surface area contributed by atoms with Crippen molar-refractivity contribution in [2.45, 2.75) is 0 Å². The van der Waals surface area contributed by atoms with Gasteiger partial charge in [0.1, 0.15) is 16.7 Å². The van der Waals surface area contributed by atoms with E-state index in [9.17, 15) is 10.1 Å². The first kappa shape index (κ1) is 18.5. The minimum atomic E-state index is -0.473. The van der Waals surface area contributed by atoms with E-state index in [4.69, 9.17) is 27.6 Å². The first-order chi connectivity index (χ1) is 13.5. The maximum Gasteiger partial charge on any atom is 0.345 e. The molecule has 0 bridgehead atoms. The SMILES string of the molecule is N#C/C(=C/c1ccc(Cl)cc1Cl)c1nc(-c2cc3ccccc3oc2=O)cs1. The van der Waals surface area contributed by atoms with E-state index in [-0.39, 0.29) is 0 Å². The van der Waals surface area contributed by atoms with E-state index in [1.807, 2.05) is 12.1 Å². The molecule has 0 saturated heterocycles. The number of thiazole rings is 1. The molecule has 0 spiro atoms. The van der Waals surface area contributed by atoms with Crippen LogP contribution in [0.25, 0.3) is 33.9 Å². The third-order valence-corrected chi connectivity index (χ3v) is 5.47. The van der Waals surface area contributed by atoms with Crippen LogP contribution in [0.4, 0.5) is 0 Å². The molecule has 136 valence electrons. The van der Waals surface area contributed by atoms with E-state index in [1.165, 1.54) is 11.3 Å². The first-order valence-electron chi connectivity index (χ1n) is 8.11. The molecule has 0 atom stereocenters. The fraction of sp³-hybridized carbons (Fsp3) is 0. The lowest BCUT2D eigenvalue weighted by Gasteiger charge is -2.00. The van der Waals surface area contributed by atoms with Crippen molar-refractivity contribution in [3.8, 4) is 17.3 Å². The van der Waals surface area contributed by atoms with Gasteiger partial charge in [-0.2, -0.15) is 5.26 Å². The van der Waals surface area contributed by atoms with Crippen LogP contribution in [0.2, 0.25) is 10.0 Å². The van der Waals surface area contributed by atoms with Crippen LogP contribution in [0, 0.1) is 11.3 Å². The number of hydrogen-bond donors (Lipinski definition) is 0. The van der Waals surface area contributed by atoms with Crippen molar-refractivity contribution >= 4 is 57.2 Å². The Morgan fingerprint density at radius 3 is 2.79 bits per heavy atom. The van der Waals surface area contributed by atoms with Gasteiger partial charge in [0.05, 0.1) is 16.8 Å². The number of nitriles is 1. The predicted molar refractivity (Wildman–Crippen MR) is 114 cm³/mol. The summed E-state index contributed by atoms with van der Waals surface area (Å²) in [5.41, 5.74) is 1.85. The predicted octanol–water partition coefficient (Wildman–Crippen LogP) is 6.29. The van der Waals surface area contributed by atoms with E-state index >= 15 is 0 Å². The molecule has 0 aliphatic heterocycles. The molecule has 0 amide bonds. The largest absolute Gasteiger partial charge is 0.422 e. The average Bonchev–Trinajstić information content (AvgIpc) is 3.16. The van der Waals surface area contributed by atoms with E-state index in [0.717, 1.165) is 5.39 Å².